The van der Waals surface area contributed by atoms with Gasteiger partial charge >= 0.3 is 5.97 Å². The van der Waals surface area contributed by atoms with E-state index < -0.39 is 16.6 Å². The molecule has 0 amide bonds. The lowest BCUT2D eigenvalue weighted by Crippen LogP contribution is -2.38. The van der Waals surface area contributed by atoms with Crippen LogP contribution in [-0.4, -0.2) is 16.9 Å². The molecule has 0 radical (unpaired) electrons. The highest BCUT2D eigenvalue weighted by Crippen LogP contribution is 2.38. The van der Waals surface area contributed by atoms with Crippen LogP contribution >= 0.6 is 39.1 Å². The number of carbonyl (C=O) groups is 2. The summed E-state index contributed by atoms with van der Waals surface area (Å²) in [7, 11) is 0. The van der Waals surface area contributed by atoms with Crippen LogP contribution in [0.5, 0.6) is 0 Å². The van der Waals surface area contributed by atoms with Gasteiger partial charge in [-0.3, -0.25) is 4.79 Å². The zero-order valence-electron chi connectivity index (χ0n) is 10.5. The highest BCUT2D eigenvalue weighted by molar-refractivity contribution is 9.10. The van der Waals surface area contributed by atoms with Crippen molar-refractivity contribution in [1.82, 2.24) is 0 Å². The predicted molar refractivity (Wildman–Crippen MR) is 85.1 cm³/mol. The van der Waals surface area contributed by atoms with Crippen LogP contribution in [0.25, 0.3) is 0 Å². The van der Waals surface area contributed by atoms with Gasteiger partial charge in [-0.15, -0.1) is 0 Å². The van der Waals surface area contributed by atoms with E-state index in [4.69, 9.17) is 23.2 Å². The number of rotatable bonds is 4. The Bertz CT molecular complexity index is 703. The summed E-state index contributed by atoms with van der Waals surface area (Å²) in [5.41, 5.74) is 0.353. The third-order valence-corrected chi connectivity index (χ3v) is 4.37. The topological polar surface area (TPSA) is 54.4 Å². The zero-order chi connectivity index (χ0) is 15.6. The van der Waals surface area contributed by atoms with Gasteiger partial charge < -0.3 is 5.11 Å². The van der Waals surface area contributed by atoms with Gasteiger partial charge in [-0.25, -0.2) is 4.79 Å². The second-order valence-electron chi connectivity index (χ2n) is 4.28. The number of alkyl halides is 1. The van der Waals surface area contributed by atoms with Gasteiger partial charge in [-0.05, 0) is 12.1 Å². The van der Waals surface area contributed by atoms with Crippen molar-refractivity contribution in [3.63, 3.8) is 0 Å². The van der Waals surface area contributed by atoms with Gasteiger partial charge in [-0.1, -0.05) is 75.5 Å². The van der Waals surface area contributed by atoms with E-state index in [1.54, 1.807) is 18.2 Å². The molecule has 0 bridgehead atoms. The van der Waals surface area contributed by atoms with E-state index in [0.29, 0.717) is 9.50 Å². The van der Waals surface area contributed by atoms with Crippen LogP contribution in [0.4, 0.5) is 0 Å². The van der Waals surface area contributed by atoms with Gasteiger partial charge in [0.25, 0.3) is 0 Å². The fourth-order valence-corrected chi connectivity index (χ4v) is 3.26. The molecular weight excluding hydrogens is 379 g/mol. The van der Waals surface area contributed by atoms with Gasteiger partial charge in [0.05, 0.1) is 0 Å². The molecule has 0 saturated carbocycles. The highest BCUT2D eigenvalue weighted by Gasteiger charge is 2.47. The van der Waals surface area contributed by atoms with Gasteiger partial charge in [-0.2, -0.15) is 0 Å². The summed E-state index contributed by atoms with van der Waals surface area (Å²) in [5, 5.41) is 9.91. The Balaban J connectivity index is 2.61. The van der Waals surface area contributed by atoms with Crippen molar-refractivity contribution >= 4 is 50.9 Å². The maximum Gasteiger partial charge on any atom is 0.337 e. The molecule has 21 heavy (non-hydrogen) atoms. The molecule has 1 N–H and O–H groups in total. The standard InChI is InChI=1S/C15H9BrCl2O3/c16-12-8-10(17)6-7-11(12)15(18,14(20)21)13(19)9-4-2-1-3-5-9/h1-8H,(H,20,21). The third-order valence-electron chi connectivity index (χ3n) is 2.95. The Morgan fingerprint density at radius 3 is 2.24 bits per heavy atom. The Hall–Kier alpha value is -1.36. The fourth-order valence-electron chi connectivity index (χ4n) is 1.89. The van der Waals surface area contributed by atoms with Gasteiger partial charge in [0.1, 0.15) is 0 Å². The van der Waals surface area contributed by atoms with Crippen molar-refractivity contribution in [1.29, 1.82) is 0 Å². The monoisotopic (exact) mass is 386 g/mol. The second-order valence-corrected chi connectivity index (χ2v) is 6.14. The number of halogens is 3. The smallest absolute Gasteiger partial charge is 0.337 e. The van der Waals surface area contributed by atoms with E-state index >= 15 is 0 Å². The van der Waals surface area contributed by atoms with Gasteiger partial charge in [0, 0.05) is 20.6 Å². The normalized spacial score (nSPS) is 13.5. The van der Waals surface area contributed by atoms with E-state index in [1.807, 2.05) is 0 Å². The number of Topliss-reactive ketones (excluding diaryl/α,β-unsaturated/α-hetero) is 1. The van der Waals surface area contributed by atoms with Crippen molar-refractivity contribution in [2.75, 3.05) is 0 Å². The summed E-state index contributed by atoms with van der Waals surface area (Å²) >= 11 is 15.3. The average Bonchev–Trinajstić information content (AvgIpc) is 2.46. The molecule has 2 aromatic carbocycles. The van der Waals surface area contributed by atoms with Crippen molar-refractivity contribution in [2.45, 2.75) is 4.87 Å². The Morgan fingerprint density at radius 2 is 1.71 bits per heavy atom. The zero-order valence-corrected chi connectivity index (χ0v) is 13.6. The van der Waals surface area contributed by atoms with Crippen LogP contribution in [-0.2, 0) is 9.67 Å². The first-order valence-corrected chi connectivity index (χ1v) is 7.40. The molecule has 0 fully saturated rings. The number of carboxylic acid groups (broad SMARTS) is 1. The first kappa shape index (κ1) is 16.0. The molecule has 0 aliphatic rings. The Labute approximate surface area is 139 Å². The minimum atomic E-state index is -2.22. The molecule has 3 nitrogen and oxygen atoms in total. The first-order valence-electron chi connectivity index (χ1n) is 5.85. The number of hydrogen-bond donors (Lipinski definition) is 1. The molecular formula is C15H9BrCl2O3. The van der Waals surface area contributed by atoms with Crippen molar-refractivity contribution in [3.05, 3.63) is 69.2 Å². The van der Waals surface area contributed by atoms with Crippen molar-refractivity contribution in [3.8, 4) is 0 Å². The molecule has 6 heteroatoms. The van der Waals surface area contributed by atoms with Crippen LogP contribution in [0.2, 0.25) is 5.02 Å². The molecule has 2 aromatic rings. The molecule has 0 aliphatic carbocycles. The minimum Gasteiger partial charge on any atom is -0.479 e. The average molecular weight is 388 g/mol. The van der Waals surface area contributed by atoms with Crippen LogP contribution in [0.1, 0.15) is 15.9 Å². The summed E-state index contributed by atoms with van der Waals surface area (Å²) < 4.78 is 0.358. The number of hydrogen-bond acceptors (Lipinski definition) is 2. The van der Waals surface area contributed by atoms with E-state index in [-0.39, 0.29) is 11.1 Å². The van der Waals surface area contributed by atoms with E-state index in [0.717, 1.165) is 0 Å². The maximum absolute atomic E-state index is 12.6. The SMILES string of the molecule is O=C(O)C(Cl)(C(=O)c1ccccc1)c1ccc(Cl)cc1Br. The summed E-state index contributed by atoms with van der Waals surface area (Å²) in [6.45, 7) is 0. The number of benzene rings is 2. The lowest BCUT2D eigenvalue weighted by molar-refractivity contribution is -0.139. The quantitative estimate of drug-likeness (QED) is 0.477. The number of carbonyl (C=O) groups excluding carboxylic acids is 1. The van der Waals surface area contributed by atoms with Crippen molar-refractivity contribution < 1.29 is 14.7 Å². The van der Waals surface area contributed by atoms with Crippen LogP contribution in [0.15, 0.2) is 53.0 Å². The molecule has 1 unspecified atom stereocenters. The van der Waals surface area contributed by atoms with Gasteiger partial charge in [0.15, 0.2) is 5.78 Å². The fraction of sp³-hybridized carbons (Fsp3) is 0.0667. The van der Waals surface area contributed by atoms with Crippen molar-refractivity contribution in [2.24, 2.45) is 0 Å². The lowest BCUT2D eigenvalue weighted by atomic mass is 9.89. The summed E-state index contributed by atoms with van der Waals surface area (Å²) in [6, 6.07) is 12.5. The Morgan fingerprint density at radius 1 is 1.10 bits per heavy atom. The Kier molecular flexibility index (Phi) is 4.71. The predicted octanol–water partition coefficient (Wildman–Crippen LogP) is 4.50. The molecule has 0 spiro atoms. The molecule has 0 aliphatic heterocycles. The summed E-state index contributed by atoms with van der Waals surface area (Å²) in [6.07, 6.45) is 0. The minimum absolute atomic E-state index is 0.134. The van der Waals surface area contributed by atoms with Crippen LogP contribution < -0.4 is 0 Å². The third kappa shape index (κ3) is 2.98. The van der Waals surface area contributed by atoms with Crippen LogP contribution in [0.3, 0.4) is 0 Å². The molecule has 0 heterocycles. The molecule has 2 rings (SSSR count). The van der Waals surface area contributed by atoms with E-state index in [9.17, 15) is 14.7 Å². The summed E-state index contributed by atoms with van der Waals surface area (Å²) in [4.78, 5) is 22.0. The second kappa shape index (κ2) is 6.18. The van der Waals surface area contributed by atoms with Crippen LogP contribution in [0, 0.1) is 0 Å². The largest absolute Gasteiger partial charge is 0.479 e. The summed E-state index contributed by atoms with van der Waals surface area (Å²) in [5.74, 6) is -2.15. The van der Waals surface area contributed by atoms with E-state index in [1.165, 1.54) is 30.3 Å². The number of ketones is 1. The number of carboxylic acids is 1. The molecule has 0 saturated heterocycles. The van der Waals surface area contributed by atoms with Gasteiger partial charge in [0.2, 0.25) is 4.87 Å². The molecule has 0 aromatic heterocycles. The molecule has 108 valence electrons. The molecule has 1 atom stereocenters. The lowest BCUT2D eigenvalue weighted by Gasteiger charge is -2.23. The number of aliphatic carboxylic acids is 1. The highest BCUT2D eigenvalue weighted by atomic mass is 79.9. The van der Waals surface area contributed by atoms with E-state index in [2.05, 4.69) is 15.9 Å². The maximum atomic E-state index is 12.6. The first-order chi connectivity index (χ1) is 9.87.